The van der Waals surface area contributed by atoms with Gasteiger partial charge in [-0.2, -0.15) is 0 Å². The topological polar surface area (TPSA) is 68.7 Å². The first-order valence-electron chi connectivity index (χ1n) is 8.97. The zero-order valence-electron chi connectivity index (χ0n) is 14.5. The molecule has 0 saturated carbocycles. The van der Waals surface area contributed by atoms with Crippen LogP contribution in [-0.4, -0.2) is 71.2 Å². The maximum absolute atomic E-state index is 12.6. The first kappa shape index (κ1) is 17.2. The molecule has 3 rings (SSSR count). The molecule has 132 valence electrons. The van der Waals surface area contributed by atoms with Gasteiger partial charge in [-0.25, -0.2) is 4.98 Å². The summed E-state index contributed by atoms with van der Waals surface area (Å²) in [4.78, 5) is 21.0. The van der Waals surface area contributed by atoms with Gasteiger partial charge in [0.15, 0.2) is 0 Å². The second-order valence-corrected chi connectivity index (χ2v) is 7.04. The highest BCUT2D eigenvalue weighted by Gasteiger charge is 2.35. The van der Waals surface area contributed by atoms with E-state index in [9.17, 15) is 9.90 Å². The summed E-state index contributed by atoms with van der Waals surface area (Å²) in [5.41, 5.74) is -0.0435. The number of rotatable bonds is 4. The molecule has 6 nitrogen and oxygen atoms in total. The van der Waals surface area contributed by atoms with Crippen LogP contribution >= 0.6 is 0 Å². The molecule has 2 aliphatic heterocycles. The van der Waals surface area contributed by atoms with E-state index in [-0.39, 0.29) is 5.91 Å². The van der Waals surface area contributed by atoms with Crippen molar-refractivity contribution in [2.75, 3.05) is 45.1 Å². The first-order chi connectivity index (χ1) is 11.6. The van der Waals surface area contributed by atoms with E-state index in [0.717, 1.165) is 25.5 Å². The average molecular weight is 332 g/mol. The van der Waals surface area contributed by atoms with Crippen LogP contribution in [0.15, 0.2) is 18.3 Å². The predicted octanol–water partition coefficient (Wildman–Crippen LogP) is 1.58. The van der Waals surface area contributed by atoms with Crippen molar-refractivity contribution in [1.82, 2.24) is 14.8 Å². The standard InChI is InChI=1S/C18H28N4O2/c1-19-16-6-5-15(13-20-16)17(23)22-11-7-18(24,8-12-22)14-21-9-3-2-4-10-21/h5-6,13,24H,2-4,7-12,14H2,1H3,(H,19,20). The van der Waals surface area contributed by atoms with Gasteiger partial charge in [0.05, 0.1) is 11.2 Å². The van der Waals surface area contributed by atoms with Crippen molar-refractivity contribution in [3.05, 3.63) is 23.9 Å². The molecule has 1 aromatic rings. The summed E-state index contributed by atoms with van der Waals surface area (Å²) >= 11 is 0. The largest absolute Gasteiger partial charge is 0.388 e. The average Bonchev–Trinajstić information content (AvgIpc) is 2.62. The molecule has 2 fully saturated rings. The van der Waals surface area contributed by atoms with Crippen molar-refractivity contribution in [3.8, 4) is 0 Å². The summed E-state index contributed by atoms with van der Waals surface area (Å²) in [6.07, 6.45) is 6.68. The van der Waals surface area contributed by atoms with Gasteiger partial charge in [-0.3, -0.25) is 4.79 Å². The molecule has 0 atom stereocenters. The Kier molecular flexibility index (Phi) is 5.36. The molecule has 0 spiro atoms. The third-order valence-electron chi connectivity index (χ3n) is 5.21. The van der Waals surface area contributed by atoms with E-state index in [1.165, 1.54) is 19.3 Å². The van der Waals surface area contributed by atoms with Crippen molar-refractivity contribution in [2.45, 2.75) is 37.7 Å². The molecule has 1 aromatic heterocycles. The van der Waals surface area contributed by atoms with Gasteiger partial charge in [-0.1, -0.05) is 6.42 Å². The number of β-amino-alcohol motifs (C(OH)–C–C–N with tert-alkyl or cyclic N) is 1. The lowest BCUT2D eigenvalue weighted by Crippen LogP contribution is -2.52. The Hall–Kier alpha value is -1.66. The zero-order valence-corrected chi connectivity index (χ0v) is 14.5. The van der Waals surface area contributed by atoms with Crippen LogP contribution in [0.4, 0.5) is 5.82 Å². The lowest BCUT2D eigenvalue weighted by molar-refractivity contribution is -0.0434. The van der Waals surface area contributed by atoms with Crippen LogP contribution in [-0.2, 0) is 0 Å². The molecule has 0 unspecified atom stereocenters. The summed E-state index contributed by atoms with van der Waals surface area (Å²) in [5.74, 6) is 0.756. The number of carbonyl (C=O) groups excluding carboxylic acids is 1. The van der Waals surface area contributed by atoms with Crippen LogP contribution in [0, 0.1) is 0 Å². The molecule has 0 aromatic carbocycles. The Labute approximate surface area is 143 Å². The number of aromatic nitrogens is 1. The number of nitrogens with one attached hydrogen (secondary N) is 1. The molecular formula is C18H28N4O2. The molecule has 3 heterocycles. The van der Waals surface area contributed by atoms with E-state index in [1.54, 1.807) is 19.3 Å². The van der Waals surface area contributed by atoms with Crippen molar-refractivity contribution in [1.29, 1.82) is 0 Å². The molecule has 1 amide bonds. The normalized spacial score (nSPS) is 21.5. The van der Waals surface area contributed by atoms with Crippen molar-refractivity contribution < 1.29 is 9.90 Å². The van der Waals surface area contributed by atoms with E-state index in [1.807, 2.05) is 11.0 Å². The Morgan fingerprint density at radius 2 is 1.92 bits per heavy atom. The summed E-state index contributed by atoms with van der Waals surface area (Å²) in [6.45, 7) is 4.14. The fourth-order valence-electron chi connectivity index (χ4n) is 3.67. The molecule has 2 saturated heterocycles. The van der Waals surface area contributed by atoms with Crippen LogP contribution < -0.4 is 5.32 Å². The van der Waals surface area contributed by atoms with E-state index in [2.05, 4.69) is 15.2 Å². The lowest BCUT2D eigenvalue weighted by Gasteiger charge is -2.41. The Bertz CT molecular complexity index is 547. The lowest BCUT2D eigenvalue weighted by atomic mass is 9.90. The molecule has 24 heavy (non-hydrogen) atoms. The minimum Gasteiger partial charge on any atom is -0.388 e. The number of amides is 1. The Balaban J connectivity index is 1.54. The maximum atomic E-state index is 12.6. The second kappa shape index (κ2) is 7.49. The molecule has 6 heteroatoms. The van der Waals surface area contributed by atoms with Gasteiger partial charge in [-0.05, 0) is 50.9 Å². The number of anilines is 1. The molecule has 2 N–H and O–H groups in total. The minimum absolute atomic E-state index is 0.00479. The SMILES string of the molecule is CNc1ccc(C(=O)N2CCC(O)(CN3CCCCC3)CC2)cn1. The highest BCUT2D eigenvalue weighted by Crippen LogP contribution is 2.25. The predicted molar refractivity (Wildman–Crippen MR) is 94.2 cm³/mol. The van der Waals surface area contributed by atoms with Crippen molar-refractivity contribution in [3.63, 3.8) is 0 Å². The molecule has 0 aliphatic carbocycles. The van der Waals surface area contributed by atoms with Gasteiger partial charge in [0, 0.05) is 32.9 Å². The van der Waals surface area contributed by atoms with Gasteiger partial charge in [0.2, 0.25) is 0 Å². The van der Waals surface area contributed by atoms with Crippen LogP contribution in [0.3, 0.4) is 0 Å². The van der Waals surface area contributed by atoms with E-state index in [0.29, 0.717) is 31.5 Å². The number of hydrogen-bond donors (Lipinski definition) is 2. The molecule has 0 bridgehead atoms. The molecular weight excluding hydrogens is 304 g/mol. The third kappa shape index (κ3) is 4.05. The highest BCUT2D eigenvalue weighted by molar-refractivity contribution is 5.94. The van der Waals surface area contributed by atoms with Crippen LogP contribution in [0.5, 0.6) is 0 Å². The number of hydrogen-bond acceptors (Lipinski definition) is 5. The number of pyridine rings is 1. The fraction of sp³-hybridized carbons (Fsp3) is 0.667. The number of nitrogens with zero attached hydrogens (tertiary/aromatic N) is 3. The molecule has 2 aliphatic rings. The maximum Gasteiger partial charge on any atom is 0.255 e. The summed E-state index contributed by atoms with van der Waals surface area (Å²) < 4.78 is 0. The van der Waals surface area contributed by atoms with Gasteiger partial charge >= 0.3 is 0 Å². The zero-order chi connectivity index (χ0) is 17.0. The summed E-state index contributed by atoms with van der Waals surface area (Å²) in [5, 5.41) is 13.8. The quantitative estimate of drug-likeness (QED) is 0.876. The van der Waals surface area contributed by atoms with Crippen molar-refractivity contribution in [2.24, 2.45) is 0 Å². The van der Waals surface area contributed by atoms with Crippen LogP contribution in [0.25, 0.3) is 0 Å². The number of carbonyl (C=O) groups is 1. The van der Waals surface area contributed by atoms with Crippen LogP contribution in [0.2, 0.25) is 0 Å². The highest BCUT2D eigenvalue weighted by atomic mass is 16.3. The second-order valence-electron chi connectivity index (χ2n) is 7.04. The summed E-state index contributed by atoms with van der Waals surface area (Å²) in [6, 6.07) is 3.61. The number of aliphatic hydroxyl groups is 1. The molecule has 0 radical (unpaired) electrons. The van der Waals surface area contributed by atoms with Gasteiger partial charge < -0.3 is 20.2 Å². The number of likely N-dealkylation sites (tertiary alicyclic amines) is 2. The summed E-state index contributed by atoms with van der Waals surface area (Å²) in [7, 11) is 1.80. The van der Waals surface area contributed by atoms with Gasteiger partial charge in [0.25, 0.3) is 5.91 Å². The van der Waals surface area contributed by atoms with E-state index < -0.39 is 5.60 Å². The van der Waals surface area contributed by atoms with Gasteiger partial charge in [-0.15, -0.1) is 0 Å². The van der Waals surface area contributed by atoms with Gasteiger partial charge in [0.1, 0.15) is 5.82 Å². The van der Waals surface area contributed by atoms with E-state index in [4.69, 9.17) is 0 Å². The minimum atomic E-state index is -0.650. The smallest absolute Gasteiger partial charge is 0.255 e. The fourth-order valence-corrected chi connectivity index (χ4v) is 3.67. The first-order valence-corrected chi connectivity index (χ1v) is 8.97. The number of piperidine rings is 2. The monoisotopic (exact) mass is 332 g/mol. The third-order valence-corrected chi connectivity index (χ3v) is 5.21. The van der Waals surface area contributed by atoms with Crippen molar-refractivity contribution >= 4 is 11.7 Å². The van der Waals surface area contributed by atoms with E-state index >= 15 is 0 Å². The Morgan fingerprint density at radius 1 is 1.21 bits per heavy atom. The Morgan fingerprint density at radius 3 is 2.50 bits per heavy atom. The van der Waals surface area contributed by atoms with Crippen LogP contribution in [0.1, 0.15) is 42.5 Å².